The Hall–Kier alpha value is -0.730. The lowest BCUT2D eigenvalue weighted by Crippen LogP contribution is -2.24. The molecule has 0 amide bonds. The average molecular weight is 375 g/mol. The third-order valence-electron chi connectivity index (χ3n) is 2.94. The second-order valence-electron chi connectivity index (χ2n) is 4.37. The molecule has 1 heterocycles. The Morgan fingerprint density at radius 2 is 2.10 bits per heavy atom. The molecule has 0 aliphatic rings. The summed E-state index contributed by atoms with van der Waals surface area (Å²) in [4.78, 5) is 0.216. The zero-order chi connectivity index (χ0) is 14.8. The van der Waals surface area contributed by atoms with Gasteiger partial charge in [0.25, 0.3) is 0 Å². The minimum absolute atomic E-state index is 0.216. The van der Waals surface area contributed by atoms with Crippen LogP contribution in [-0.2, 0) is 23.1 Å². The number of nitrogens with one attached hydrogen (secondary N) is 1. The first-order chi connectivity index (χ1) is 9.44. The van der Waals surface area contributed by atoms with Gasteiger partial charge in [-0.1, -0.05) is 6.07 Å². The zero-order valence-electron chi connectivity index (χ0n) is 10.9. The number of aryl methyl sites for hydroxylation is 1. The van der Waals surface area contributed by atoms with Crippen molar-refractivity contribution in [2.75, 3.05) is 0 Å². The minimum atomic E-state index is -3.56. The molecular weight excluding hydrogens is 360 g/mol. The topological polar surface area (TPSA) is 72.2 Å². The summed E-state index contributed by atoms with van der Waals surface area (Å²) in [6.07, 6.45) is 0. The van der Waals surface area contributed by atoms with Crippen molar-refractivity contribution in [2.45, 2.75) is 24.9 Å². The highest BCUT2D eigenvalue weighted by Gasteiger charge is 2.18. The van der Waals surface area contributed by atoms with Gasteiger partial charge < -0.3 is 5.73 Å². The number of rotatable bonds is 5. The summed E-state index contributed by atoms with van der Waals surface area (Å²) >= 11 is 4.83. The van der Waals surface area contributed by atoms with Crippen LogP contribution >= 0.6 is 27.3 Å². The third-order valence-corrected chi connectivity index (χ3v) is 6.24. The fraction of sp³-hybridized carbons (Fsp3) is 0.231. The molecule has 0 aliphatic heterocycles. The highest BCUT2D eigenvalue weighted by molar-refractivity contribution is 9.10. The lowest BCUT2D eigenvalue weighted by atomic mass is 10.2. The summed E-state index contributed by atoms with van der Waals surface area (Å²) in [7, 11) is -3.56. The van der Waals surface area contributed by atoms with Crippen molar-refractivity contribution in [3.8, 4) is 0 Å². The van der Waals surface area contributed by atoms with E-state index in [0.717, 1.165) is 16.7 Å². The number of thiophene rings is 1. The van der Waals surface area contributed by atoms with Crippen LogP contribution in [0.2, 0.25) is 0 Å². The molecule has 4 nitrogen and oxygen atoms in total. The Balaban J connectivity index is 2.24. The first kappa shape index (κ1) is 15.7. The molecule has 0 saturated carbocycles. The van der Waals surface area contributed by atoms with E-state index >= 15 is 0 Å². The van der Waals surface area contributed by atoms with E-state index in [-0.39, 0.29) is 11.4 Å². The molecule has 2 rings (SSSR count). The SMILES string of the molecule is Cc1cscc1CNS(=O)(=O)c1cc(CN)ccc1Br. The second kappa shape index (κ2) is 6.36. The molecule has 0 unspecified atom stereocenters. The Morgan fingerprint density at radius 1 is 1.35 bits per heavy atom. The van der Waals surface area contributed by atoms with Crippen LogP contribution in [0.4, 0.5) is 0 Å². The molecule has 0 spiro atoms. The minimum Gasteiger partial charge on any atom is -0.326 e. The molecule has 3 N–H and O–H groups in total. The van der Waals surface area contributed by atoms with E-state index in [0.29, 0.717) is 11.0 Å². The van der Waals surface area contributed by atoms with Gasteiger partial charge in [-0.05, 0) is 62.4 Å². The lowest BCUT2D eigenvalue weighted by molar-refractivity contribution is 0.580. The van der Waals surface area contributed by atoms with E-state index in [1.165, 1.54) is 0 Å². The van der Waals surface area contributed by atoms with E-state index in [9.17, 15) is 8.42 Å². The standard InChI is InChI=1S/C13H15BrN2O2S2/c1-9-7-19-8-11(9)6-16-20(17,18)13-4-10(5-15)2-3-12(13)14/h2-4,7-8,16H,5-6,15H2,1H3. The summed E-state index contributed by atoms with van der Waals surface area (Å²) in [5.74, 6) is 0. The molecule has 0 aliphatic carbocycles. The van der Waals surface area contributed by atoms with E-state index < -0.39 is 10.0 Å². The first-order valence-electron chi connectivity index (χ1n) is 5.94. The number of hydrogen-bond acceptors (Lipinski definition) is 4. The summed E-state index contributed by atoms with van der Waals surface area (Å²) < 4.78 is 27.8. The predicted octanol–water partition coefficient (Wildman–Crippen LogP) is 2.76. The van der Waals surface area contributed by atoms with Crippen LogP contribution in [0, 0.1) is 6.92 Å². The maximum Gasteiger partial charge on any atom is 0.242 e. The van der Waals surface area contributed by atoms with Crippen LogP contribution in [0.25, 0.3) is 0 Å². The van der Waals surface area contributed by atoms with Gasteiger partial charge in [0.05, 0.1) is 4.90 Å². The van der Waals surface area contributed by atoms with Gasteiger partial charge in [-0.2, -0.15) is 11.3 Å². The molecule has 0 atom stereocenters. The van der Waals surface area contributed by atoms with Gasteiger partial charge in [-0.15, -0.1) is 0 Å². The molecule has 108 valence electrons. The molecule has 7 heteroatoms. The van der Waals surface area contributed by atoms with Crippen LogP contribution in [-0.4, -0.2) is 8.42 Å². The Morgan fingerprint density at radius 3 is 2.70 bits per heavy atom. The van der Waals surface area contributed by atoms with Crippen LogP contribution < -0.4 is 10.5 Å². The largest absolute Gasteiger partial charge is 0.326 e. The Bertz CT molecular complexity index is 711. The van der Waals surface area contributed by atoms with Crippen LogP contribution in [0.3, 0.4) is 0 Å². The Kier molecular flexibility index (Phi) is 4.98. The number of hydrogen-bond donors (Lipinski definition) is 2. The number of benzene rings is 1. The average Bonchev–Trinajstić information content (AvgIpc) is 2.82. The molecule has 0 fully saturated rings. The van der Waals surface area contributed by atoms with Crippen molar-refractivity contribution in [1.82, 2.24) is 4.72 Å². The monoisotopic (exact) mass is 374 g/mol. The lowest BCUT2D eigenvalue weighted by Gasteiger charge is -2.10. The summed E-state index contributed by atoms with van der Waals surface area (Å²) in [5, 5.41) is 3.94. The predicted molar refractivity (Wildman–Crippen MR) is 85.1 cm³/mol. The van der Waals surface area contributed by atoms with Gasteiger partial charge in [0.15, 0.2) is 0 Å². The summed E-state index contributed by atoms with van der Waals surface area (Å²) in [5.41, 5.74) is 8.41. The fourth-order valence-corrected chi connectivity index (χ4v) is 4.57. The maximum absolute atomic E-state index is 12.3. The normalized spacial score (nSPS) is 11.8. The number of nitrogens with two attached hydrogens (primary N) is 1. The number of halogens is 1. The van der Waals surface area contributed by atoms with E-state index in [1.54, 1.807) is 29.5 Å². The van der Waals surface area contributed by atoms with Crippen molar-refractivity contribution in [3.05, 3.63) is 50.1 Å². The molecule has 1 aromatic carbocycles. The smallest absolute Gasteiger partial charge is 0.242 e. The molecule has 2 aromatic rings. The van der Waals surface area contributed by atoms with Crippen molar-refractivity contribution in [1.29, 1.82) is 0 Å². The van der Waals surface area contributed by atoms with Gasteiger partial charge in [0.2, 0.25) is 10.0 Å². The second-order valence-corrected chi connectivity index (χ2v) is 7.71. The van der Waals surface area contributed by atoms with Crippen molar-refractivity contribution in [2.24, 2.45) is 5.73 Å². The quantitative estimate of drug-likeness (QED) is 0.844. The van der Waals surface area contributed by atoms with Gasteiger partial charge >= 0.3 is 0 Å². The van der Waals surface area contributed by atoms with Gasteiger partial charge in [0, 0.05) is 17.6 Å². The zero-order valence-corrected chi connectivity index (χ0v) is 14.1. The summed E-state index contributed by atoms with van der Waals surface area (Å²) in [6.45, 7) is 2.56. The van der Waals surface area contributed by atoms with Crippen molar-refractivity contribution < 1.29 is 8.42 Å². The van der Waals surface area contributed by atoms with E-state index in [1.807, 2.05) is 17.7 Å². The molecule has 1 aromatic heterocycles. The van der Waals surface area contributed by atoms with Gasteiger partial charge in [-0.25, -0.2) is 13.1 Å². The molecule has 0 radical (unpaired) electrons. The maximum atomic E-state index is 12.3. The van der Waals surface area contributed by atoms with Crippen LogP contribution in [0.15, 0.2) is 38.3 Å². The van der Waals surface area contributed by atoms with Gasteiger partial charge in [0.1, 0.15) is 0 Å². The third kappa shape index (κ3) is 3.48. The number of sulfonamides is 1. The van der Waals surface area contributed by atoms with Crippen molar-refractivity contribution in [3.63, 3.8) is 0 Å². The fourth-order valence-electron chi connectivity index (χ4n) is 1.70. The summed E-state index contributed by atoms with van der Waals surface area (Å²) in [6, 6.07) is 5.09. The molecule has 0 bridgehead atoms. The van der Waals surface area contributed by atoms with Crippen molar-refractivity contribution >= 4 is 37.3 Å². The van der Waals surface area contributed by atoms with Crippen LogP contribution in [0.1, 0.15) is 16.7 Å². The highest BCUT2D eigenvalue weighted by Crippen LogP contribution is 2.23. The van der Waals surface area contributed by atoms with E-state index in [2.05, 4.69) is 20.7 Å². The van der Waals surface area contributed by atoms with E-state index in [4.69, 9.17) is 5.73 Å². The van der Waals surface area contributed by atoms with Gasteiger partial charge in [-0.3, -0.25) is 0 Å². The molecule has 20 heavy (non-hydrogen) atoms. The Labute approximate surface area is 131 Å². The molecular formula is C13H15BrN2O2S2. The highest BCUT2D eigenvalue weighted by atomic mass is 79.9. The van der Waals surface area contributed by atoms with Crippen LogP contribution in [0.5, 0.6) is 0 Å². The first-order valence-corrected chi connectivity index (χ1v) is 9.16. The molecule has 0 saturated heterocycles.